The minimum Gasteiger partial charge on any atom is -0.491 e. The molecule has 1 saturated heterocycles. The van der Waals surface area contributed by atoms with Crippen molar-refractivity contribution in [2.24, 2.45) is 0 Å². The normalized spacial score (nSPS) is 15.0. The summed E-state index contributed by atoms with van der Waals surface area (Å²) in [6, 6.07) is 12.9. The lowest BCUT2D eigenvalue weighted by Gasteiger charge is -2.08. The van der Waals surface area contributed by atoms with Crippen LogP contribution >= 0.6 is 0 Å². The number of esters is 2. The van der Waals surface area contributed by atoms with Crippen LogP contribution in [0.25, 0.3) is 0 Å². The summed E-state index contributed by atoms with van der Waals surface area (Å²) in [6.45, 7) is 6.31. The van der Waals surface area contributed by atoms with E-state index in [2.05, 4.69) is 6.58 Å². The molecule has 0 amide bonds. The third-order valence-electron chi connectivity index (χ3n) is 3.52. The van der Waals surface area contributed by atoms with E-state index in [-0.39, 0.29) is 6.10 Å². The maximum absolute atomic E-state index is 12.2. The molecule has 26 heavy (non-hydrogen) atoms. The molecule has 1 aliphatic heterocycles. The molecule has 134 valence electrons. The zero-order chi connectivity index (χ0) is 18.5. The molecule has 0 aromatic heterocycles. The second kappa shape index (κ2) is 7.84. The van der Waals surface area contributed by atoms with Crippen LogP contribution in [-0.4, -0.2) is 31.3 Å². The van der Waals surface area contributed by atoms with Crippen molar-refractivity contribution in [3.63, 3.8) is 0 Å². The predicted molar refractivity (Wildman–Crippen MR) is 93.5 cm³/mol. The molecule has 2 aromatic carbocycles. The van der Waals surface area contributed by atoms with Gasteiger partial charge in [-0.2, -0.15) is 0 Å². The second-order valence-corrected chi connectivity index (χ2v) is 5.82. The highest BCUT2D eigenvalue weighted by atomic mass is 16.6. The molecular formula is C20H18O6. The first-order valence-electron chi connectivity index (χ1n) is 8.05. The summed E-state index contributed by atoms with van der Waals surface area (Å²) in [6.07, 6.45) is 0.178. The smallest absolute Gasteiger partial charge is 0.343 e. The number of hydrogen-bond donors (Lipinski definition) is 0. The van der Waals surface area contributed by atoms with Crippen LogP contribution < -0.4 is 14.2 Å². The summed E-state index contributed by atoms with van der Waals surface area (Å²) in [4.78, 5) is 23.6. The summed E-state index contributed by atoms with van der Waals surface area (Å²) in [5.74, 6) is 0.357. The zero-order valence-corrected chi connectivity index (χ0v) is 14.3. The summed E-state index contributed by atoms with van der Waals surface area (Å²) < 4.78 is 21.0. The van der Waals surface area contributed by atoms with Crippen molar-refractivity contribution in [3.8, 4) is 17.2 Å². The van der Waals surface area contributed by atoms with E-state index in [9.17, 15) is 9.59 Å². The van der Waals surface area contributed by atoms with Crippen molar-refractivity contribution >= 4 is 11.9 Å². The Bertz CT molecular complexity index is 803. The first-order chi connectivity index (χ1) is 12.5. The fraction of sp³-hybridized carbons (Fsp3) is 0.200. The first-order valence-corrected chi connectivity index (χ1v) is 8.05. The Morgan fingerprint density at radius 3 is 2.08 bits per heavy atom. The lowest BCUT2D eigenvalue weighted by molar-refractivity contribution is -0.130. The molecule has 1 unspecified atom stereocenters. The fourth-order valence-electron chi connectivity index (χ4n) is 1.98. The lowest BCUT2D eigenvalue weighted by atomic mass is 10.2. The zero-order valence-electron chi connectivity index (χ0n) is 14.3. The third-order valence-corrected chi connectivity index (χ3v) is 3.52. The van der Waals surface area contributed by atoms with Gasteiger partial charge in [0.1, 0.15) is 30.0 Å². The van der Waals surface area contributed by atoms with Crippen molar-refractivity contribution in [3.05, 3.63) is 66.2 Å². The van der Waals surface area contributed by atoms with E-state index in [4.69, 9.17) is 18.9 Å². The van der Waals surface area contributed by atoms with Gasteiger partial charge in [0.05, 0.1) is 12.2 Å². The summed E-state index contributed by atoms with van der Waals surface area (Å²) >= 11 is 0. The number of ether oxygens (including phenoxy) is 4. The van der Waals surface area contributed by atoms with E-state index in [1.54, 1.807) is 55.5 Å². The van der Waals surface area contributed by atoms with Crippen LogP contribution in [-0.2, 0) is 9.53 Å². The van der Waals surface area contributed by atoms with E-state index in [1.165, 1.54) is 0 Å². The topological polar surface area (TPSA) is 74.4 Å². The Morgan fingerprint density at radius 1 is 1.00 bits per heavy atom. The SMILES string of the molecule is C=C(C)C(=O)Oc1ccc(OC(=O)c2ccc(OCC3CO3)cc2)cc1. The molecular weight excluding hydrogens is 336 g/mol. The van der Waals surface area contributed by atoms with E-state index >= 15 is 0 Å². The maximum atomic E-state index is 12.2. The van der Waals surface area contributed by atoms with Crippen LogP contribution in [0.1, 0.15) is 17.3 Å². The van der Waals surface area contributed by atoms with Gasteiger partial charge in [-0.05, 0) is 55.5 Å². The van der Waals surface area contributed by atoms with Gasteiger partial charge < -0.3 is 18.9 Å². The number of hydrogen-bond acceptors (Lipinski definition) is 6. The predicted octanol–water partition coefficient (Wildman–Crippen LogP) is 3.16. The first kappa shape index (κ1) is 17.7. The molecule has 0 aliphatic carbocycles. The van der Waals surface area contributed by atoms with Crippen LogP contribution in [0, 0.1) is 0 Å². The van der Waals surface area contributed by atoms with Crippen LogP contribution in [0.15, 0.2) is 60.7 Å². The molecule has 1 aliphatic rings. The molecule has 2 aromatic rings. The molecule has 0 spiro atoms. The van der Waals surface area contributed by atoms with Gasteiger partial charge in [-0.15, -0.1) is 0 Å². The third kappa shape index (κ3) is 4.94. The van der Waals surface area contributed by atoms with Gasteiger partial charge in [-0.25, -0.2) is 9.59 Å². The molecule has 6 heteroatoms. The summed E-state index contributed by atoms with van der Waals surface area (Å²) in [7, 11) is 0. The Hall–Kier alpha value is -3.12. The number of rotatable bonds is 7. The number of benzene rings is 2. The van der Waals surface area contributed by atoms with Crippen molar-refractivity contribution < 1.29 is 28.5 Å². The molecule has 1 atom stereocenters. The van der Waals surface area contributed by atoms with Crippen molar-refractivity contribution in [2.75, 3.05) is 13.2 Å². The van der Waals surface area contributed by atoms with E-state index in [0.717, 1.165) is 6.61 Å². The highest BCUT2D eigenvalue weighted by Gasteiger charge is 2.23. The van der Waals surface area contributed by atoms with Crippen LogP contribution in [0.2, 0.25) is 0 Å². The fourth-order valence-corrected chi connectivity index (χ4v) is 1.98. The van der Waals surface area contributed by atoms with Crippen LogP contribution in [0.4, 0.5) is 0 Å². The average molecular weight is 354 g/mol. The monoisotopic (exact) mass is 354 g/mol. The Kier molecular flexibility index (Phi) is 5.34. The number of carbonyl (C=O) groups excluding carboxylic acids is 2. The second-order valence-electron chi connectivity index (χ2n) is 5.82. The molecule has 1 fully saturated rings. The maximum Gasteiger partial charge on any atom is 0.343 e. The van der Waals surface area contributed by atoms with Crippen molar-refractivity contribution in [1.82, 2.24) is 0 Å². The van der Waals surface area contributed by atoms with E-state index < -0.39 is 11.9 Å². The Labute approximate surface area is 150 Å². The van der Waals surface area contributed by atoms with Crippen molar-refractivity contribution in [2.45, 2.75) is 13.0 Å². The standard InChI is InChI=1S/C20H18O6/c1-13(2)19(21)25-16-7-9-17(10-8-16)26-20(22)14-3-5-15(6-4-14)23-11-18-12-24-18/h3-10,18H,1,11-12H2,2H3. The largest absolute Gasteiger partial charge is 0.491 e. The molecule has 0 saturated carbocycles. The lowest BCUT2D eigenvalue weighted by Crippen LogP contribution is -2.10. The van der Waals surface area contributed by atoms with Gasteiger partial charge >= 0.3 is 11.9 Å². The summed E-state index contributed by atoms with van der Waals surface area (Å²) in [5.41, 5.74) is 0.704. The molecule has 3 rings (SSSR count). The molecule has 0 radical (unpaired) electrons. The minimum absolute atomic E-state index is 0.178. The van der Waals surface area contributed by atoms with Gasteiger partial charge in [0.2, 0.25) is 0 Å². The summed E-state index contributed by atoms with van der Waals surface area (Å²) in [5, 5.41) is 0. The van der Waals surface area contributed by atoms with Gasteiger partial charge in [-0.1, -0.05) is 6.58 Å². The molecule has 0 bridgehead atoms. The number of carbonyl (C=O) groups is 2. The molecule has 6 nitrogen and oxygen atoms in total. The van der Waals surface area contributed by atoms with Crippen LogP contribution in [0.5, 0.6) is 17.2 Å². The Balaban J connectivity index is 1.55. The van der Waals surface area contributed by atoms with E-state index in [1.807, 2.05) is 0 Å². The highest BCUT2D eigenvalue weighted by Crippen LogP contribution is 2.20. The number of epoxide rings is 1. The van der Waals surface area contributed by atoms with E-state index in [0.29, 0.717) is 35.0 Å². The molecule has 0 N–H and O–H groups in total. The quantitative estimate of drug-likeness (QED) is 0.329. The highest BCUT2D eigenvalue weighted by molar-refractivity contribution is 5.91. The van der Waals surface area contributed by atoms with Gasteiger partial charge in [0.15, 0.2) is 0 Å². The van der Waals surface area contributed by atoms with Gasteiger partial charge in [0, 0.05) is 5.57 Å². The van der Waals surface area contributed by atoms with Crippen LogP contribution in [0.3, 0.4) is 0 Å². The molecule has 1 heterocycles. The van der Waals surface area contributed by atoms with Gasteiger partial charge in [-0.3, -0.25) is 0 Å². The van der Waals surface area contributed by atoms with Crippen molar-refractivity contribution in [1.29, 1.82) is 0 Å². The minimum atomic E-state index is -0.509. The van der Waals surface area contributed by atoms with Gasteiger partial charge in [0.25, 0.3) is 0 Å². The Morgan fingerprint density at radius 2 is 1.54 bits per heavy atom. The average Bonchev–Trinajstić information content (AvgIpc) is 3.46.